The molecule has 0 bridgehead atoms. The fourth-order valence-electron chi connectivity index (χ4n) is 5.07. The third-order valence-corrected chi connectivity index (χ3v) is 6.81. The number of carboxylic acid groups (broad SMARTS) is 1. The Hall–Kier alpha value is -1.51. The zero-order valence-electron chi connectivity index (χ0n) is 22.7. The topological polar surface area (TPSA) is 57.5 Å². The van der Waals surface area contributed by atoms with Crippen molar-refractivity contribution in [1.82, 2.24) is 0 Å². The summed E-state index contributed by atoms with van der Waals surface area (Å²) in [6.07, 6.45) is 15.0. The van der Waals surface area contributed by atoms with E-state index in [1.807, 2.05) is 12.1 Å². The zero-order valence-corrected chi connectivity index (χ0v) is 22.7. The first-order chi connectivity index (χ1) is 15.3. The van der Waals surface area contributed by atoms with Gasteiger partial charge in [-0.05, 0) is 40.9 Å². The second-order valence-electron chi connectivity index (χ2n) is 12.4. The molecule has 190 valence electrons. The second kappa shape index (κ2) is 13.4. The predicted molar refractivity (Wildman–Crippen MR) is 141 cm³/mol. The molecule has 2 N–H and O–H groups in total. The van der Waals surface area contributed by atoms with Crippen molar-refractivity contribution in [3.63, 3.8) is 0 Å². The van der Waals surface area contributed by atoms with Gasteiger partial charge in [0.15, 0.2) is 0 Å². The monoisotopic (exact) mass is 460 g/mol. The Morgan fingerprint density at radius 1 is 0.788 bits per heavy atom. The minimum absolute atomic E-state index is 0.115. The van der Waals surface area contributed by atoms with Crippen LogP contribution in [0.15, 0.2) is 18.2 Å². The predicted octanol–water partition coefficient (Wildman–Crippen LogP) is 9.15. The van der Waals surface area contributed by atoms with E-state index in [2.05, 4.69) is 48.5 Å². The van der Waals surface area contributed by atoms with E-state index in [1.54, 1.807) is 6.07 Å². The molecule has 0 aromatic heterocycles. The lowest BCUT2D eigenvalue weighted by Gasteiger charge is -2.37. The van der Waals surface area contributed by atoms with Gasteiger partial charge >= 0.3 is 5.97 Å². The van der Waals surface area contributed by atoms with Gasteiger partial charge < -0.3 is 10.2 Å². The third-order valence-electron chi connectivity index (χ3n) is 6.81. The number of benzene rings is 1. The average molecular weight is 461 g/mol. The van der Waals surface area contributed by atoms with Gasteiger partial charge in [-0.2, -0.15) is 0 Å². The lowest BCUT2D eigenvalue weighted by Crippen LogP contribution is -2.40. The molecule has 3 heteroatoms. The van der Waals surface area contributed by atoms with Crippen LogP contribution in [-0.4, -0.2) is 16.2 Å². The second-order valence-corrected chi connectivity index (χ2v) is 12.4. The van der Waals surface area contributed by atoms with Crippen LogP contribution in [0.5, 0.6) is 5.75 Å². The van der Waals surface area contributed by atoms with Gasteiger partial charge in [-0.25, -0.2) is 0 Å². The molecule has 1 aromatic rings. The third kappa shape index (κ3) is 10.1. The van der Waals surface area contributed by atoms with E-state index in [9.17, 15) is 15.0 Å². The molecule has 0 amide bonds. The van der Waals surface area contributed by atoms with Crippen LogP contribution >= 0.6 is 0 Å². The number of phenolic OH excluding ortho intramolecular Hbond substituents is 1. The highest BCUT2D eigenvalue weighted by Gasteiger charge is 2.43. The number of carbonyl (C=O) groups is 1. The van der Waals surface area contributed by atoms with Gasteiger partial charge in [0.05, 0.1) is 5.41 Å². The number of hydrogen-bond donors (Lipinski definition) is 2. The smallest absolute Gasteiger partial charge is 0.314 e. The Morgan fingerprint density at radius 3 is 1.70 bits per heavy atom. The van der Waals surface area contributed by atoms with Crippen LogP contribution in [0.4, 0.5) is 0 Å². The van der Waals surface area contributed by atoms with Crippen LogP contribution in [0.3, 0.4) is 0 Å². The fraction of sp³-hybridized carbons (Fsp3) is 0.767. The Kier molecular flexibility index (Phi) is 12.0. The van der Waals surface area contributed by atoms with E-state index >= 15 is 0 Å². The van der Waals surface area contributed by atoms with E-state index in [0.29, 0.717) is 12.8 Å². The minimum Gasteiger partial charge on any atom is -0.508 e. The molecule has 0 heterocycles. The molecule has 3 nitrogen and oxygen atoms in total. The summed E-state index contributed by atoms with van der Waals surface area (Å²) in [5, 5.41) is 20.9. The highest BCUT2D eigenvalue weighted by Crippen LogP contribution is 2.43. The number of phenols is 1. The van der Waals surface area contributed by atoms with Crippen LogP contribution in [0.1, 0.15) is 143 Å². The van der Waals surface area contributed by atoms with Crippen molar-refractivity contribution in [2.24, 2.45) is 5.41 Å². The number of aliphatic carboxylic acids is 1. The van der Waals surface area contributed by atoms with Crippen LogP contribution in [0.2, 0.25) is 0 Å². The van der Waals surface area contributed by atoms with Crippen molar-refractivity contribution in [1.29, 1.82) is 0 Å². The number of unbranched alkanes of at least 4 members (excludes halogenated alkanes) is 10. The molecule has 0 saturated heterocycles. The Labute approximate surface area is 204 Å². The van der Waals surface area contributed by atoms with Crippen molar-refractivity contribution in [3.05, 3.63) is 29.3 Å². The number of carboxylic acids is 1. The van der Waals surface area contributed by atoms with E-state index in [1.165, 1.54) is 57.8 Å². The largest absolute Gasteiger partial charge is 0.508 e. The van der Waals surface area contributed by atoms with Crippen LogP contribution in [0, 0.1) is 5.41 Å². The highest BCUT2D eigenvalue weighted by atomic mass is 16.4. The molecule has 0 fully saturated rings. The maximum atomic E-state index is 12.8. The van der Waals surface area contributed by atoms with Crippen molar-refractivity contribution in [2.45, 2.75) is 143 Å². The summed E-state index contributed by atoms with van der Waals surface area (Å²) in [6.45, 7) is 14.8. The molecular formula is C30H52O3. The molecule has 0 radical (unpaired) electrons. The summed E-state index contributed by atoms with van der Waals surface area (Å²) in [4.78, 5) is 12.8. The molecule has 1 rings (SSSR count). The summed E-state index contributed by atoms with van der Waals surface area (Å²) in [7, 11) is 0. The molecule has 0 spiro atoms. The summed E-state index contributed by atoms with van der Waals surface area (Å²) in [5.41, 5.74) is 0.363. The summed E-state index contributed by atoms with van der Waals surface area (Å²) in [5.74, 6) is -0.494. The molecule has 33 heavy (non-hydrogen) atoms. The minimum atomic E-state index is -0.925. The van der Waals surface area contributed by atoms with Gasteiger partial charge in [0, 0.05) is 0 Å². The zero-order chi connectivity index (χ0) is 25.1. The van der Waals surface area contributed by atoms with Gasteiger partial charge in [-0.1, -0.05) is 131 Å². The van der Waals surface area contributed by atoms with Gasteiger partial charge in [0.2, 0.25) is 0 Å². The van der Waals surface area contributed by atoms with Crippen LogP contribution in [-0.2, 0) is 15.6 Å². The summed E-state index contributed by atoms with van der Waals surface area (Å²) < 4.78 is 0. The Balaban J connectivity index is 2.84. The molecule has 0 aliphatic rings. The van der Waals surface area contributed by atoms with Crippen LogP contribution in [0.25, 0.3) is 0 Å². The first kappa shape index (κ1) is 29.5. The quantitative estimate of drug-likeness (QED) is 0.256. The maximum absolute atomic E-state index is 12.8. The normalized spacial score (nSPS) is 14.3. The van der Waals surface area contributed by atoms with E-state index in [-0.39, 0.29) is 16.6 Å². The lowest BCUT2D eigenvalue weighted by atomic mass is 9.66. The van der Waals surface area contributed by atoms with E-state index < -0.39 is 11.4 Å². The summed E-state index contributed by atoms with van der Waals surface area (Å²) in [6, 6.07) is 5.48. The van der Waals surface area contributed by atoms with Crippen molar-refractivity contribution >= 4 is 5.97 Å². The number of rotatable bonds is 15. The lowest BCUT2D eigenvalue weighted by molar-refractivity contribution is -0.145. The van der Waals surface area contributed by atoms with E-state index in [0.717, 1.165) is 24.0 Å². The highest BCUT2D eigenvalue weighted by molar-refractivity contribution is 5.81. The first-order valence-corrected chi connectivity index (χ1v) is 13.4. The molecule has 0 saturated carbocycles. The standard InChI is InChI=1S/C30H52O3/c1-8-9-10-11-12-13-14-15-16-17-18-21-30(27(32)33,23-28(2,3)4)24-19-20-26(31)25(22-24)29(5,6)7/h19-20,22,31H,8-18,21,23H2,1-7H3,(H,32,33). The van der Waals surface area contributed by atoms with E-state index in [4.69, 9.17) is 0 Å². The van der Waals surface area contributed by atoms with Gasteiger partial charge in [0.1, 0.15) is 5.75 Å². The molecular weight excluding hydrogens is 408 g/mol. The molecule has 1 aromatic carbocycles. The van der Waals surface area contributed by atoms with Crippen molar-refractivity contribution < 1.29 is 15.0 Å². The van der Waals surface area contributed by atoms with Gasteiger partial charge in [-0.15, -0.1) is 0 Å². The molecule has 1 unspecified atom stereocenters. The van der Waals surface area contributed by atoms with Crippen molar-refractivity contribution in [3.8, 4) is 5.75 Å². The average Bonchev–Trinajstić information content (AvgIpc) is 2.69. The Bertz CT molecular complexity index is 708. The first-order valence-electron chi connectivity index (χ1n) is 13.4. The molecule has 0 aliphatic heterocycles. The number of aromatic hydroxyl groups is 1. The van der Waals surface area contributed by atoms with Crippen LogP contribution < -0.4 is 0 Å². The molecule has 1 atom stereocenters. The summed E-state index contributed by atoms with van der Waals surface area (Å²) >= 11 is 0. The fourth-order valence-corrected chi connectivity index (χ4v) is 5.07. The van der Waals surface area contributed by atoms with Crippen molar-refractivity contribution in [2.75, 3.05) is 0 Å². The Morgan fingerprint density at radius 2 is 1.27 bits per heavy atom. The van der Waals surface area contributed by atoms with Gasteiger partial charge in [0.25, 0.3) is 0 Å². The van der Waals surface area contributed by atoms with Gasteiger partial charge in [-0.3, -0.25) is 4.79 Å². The number of hydrogen-bond acceptors (Lipinski definition) is 2. The SMILES string of the molecule is CCCCCCCCCCCCCC(CC(C)(C)C)(C(=O)O)c1ccc(O)c(C(C)(C)C)c1. The maximum Gasteiger partial charge on any atom is 0.314 e. The molecule has 0 aliphatic carbocycles.